The molecule has 2 unspecified atom stereocenters. The van der Waals surface area contributed by atoms with Gasteiger partial charge in [0, 0.05) is 0 Å². The molecule has 0 radical (unpaired) electrons. The largest absolute Gasteiger partial charge is 0.460 e. The average molecular weight is 323 g/mol. The van der Waals surface area contributed by atoms with Crippen LogP contribution in [0.25, 0.3) is 0 Å². The van der Waals surface area contributed by atoms with E-state index in [2.05, 4.69) is 27.8 Å². The van der Waals surface area contributed by atoms with E-state index in [4.69, 9.17) is 22.0 Å². The SMILES string of the molecule is C#CCc1ccc(C(C#C)OC(=O)C(Br)C(C)C)o1. The summed E-state index contributed by atoms with van der Waals surface area (Å²) in [4.78, 5) is 11.4. The second-order valence-electron chi connectivity index (χ2n) is 4.31. The smallest absolute Gasteiger partial charge is 0.321 e. The maximum atomic E-state index is 11.8. The van der Waals surface area contributed by atoms with Crippen molar-refractivity contribution in [3.05, 3.63) is 23.7 Å². The van der Waals surface area contributed by atoms with Gasteiger partial charge in [-0.05, 0) is 18.1 Å². The van der Waals surface area contributed by atoms with Gasteiger partial charge < -0.3 is 9.15 Å². The number of esters is 1. The van der Waals surface area contributed by atoms with E-state index in [9.17, 15) is 4.79 Å². The van der Waals surface area contributed by atoms with E-state index < -0.39 is 16.9 Å². The van der Waals surface area contributed by atoms with Gasteiger partial charge in [-0.15, -0.1) is 12.8 Å². The predicted octanol–water partition coefficient (Wildman–Crippen LogP) is 3.09. The summed E-state index contributed by atoms with van der Waals surface area (Å²) in [6, 6.07) is 3.39. The first kappa shape index (κ1) is 15.4. The number of furan rings is 1. The van der Waals surface area contributed by atoms with Gasteiger partial charge in [-0.1, -0.05) is 41.6 Å². The molecule has 1 rings (SSSR count). The molecule has 3 nitrogen and oxygen atoms in total. The van der Waals surface area contributed by atoms with E-state index in [1.807, 2.05) is 13.8 Å². The molecule has 0 saturated heterocycles. The summed E-state index contributed by atoms with van der Waals surface area (Å²) in [5.74, 6) is 5.58. The number of carbonyl (C=O) groups excluding carboxylic acids is 1. The Hall–Kier alpha value is -1.65. The van der Waals surface area contributed by atoms with Gasteiger partial charge in [0.2, 0.25) is 6.10 Å². The highest BCUT2D eigenvalue weighted by Gasteiger charge is 2.25. The van der Waals surface area contributed by atoms with Gasteiger partial charge in [0.05, 0.1) is 6.42 Å². The highest BCUT2D eigenvalue weighted by Crippen LogP contribution is 2.23. The van der Waals surface area contributed by atoms with Gasteiger partial charge in [0.25, 0.3) is 0 Å². The van der Waals surface area contributed by atoms with Crippen LogP contribution in [0.3, 0.4) is 0 Å². The lowest BCUT2D eigenvalue weighted by molar-refractivity contribution is -0.147. The summed E-state index contributed by atoms with van der Waals surface area (Å²) in [5, 5.41) is 0. The van der Waals surface area contributed by atoms with Crippen LogP contribution in [0.5, 0.6) is 0 Å². The Bertz CT molecular complexity index is 516. The monoisotopic (exact) mass is 322 g/mol. The average Bonchev–Trinajstić information content (AvgIpc) is 2.83. The van der Waals surface area contributed by atoms with Crippen molar-refractivity contribution in [2.45, 2.75) is 31.2 Å². The number of terminal acetylenes is 2. The fourth-order valence-electron chi connectivity index (χ4n) is 1.36. The van der Waals surface area contributed by atoms with Crippen LogP contribution < -0.4 is 0 Å². The second kappa shape index (κ2) is 7.07. The zero-order valence-electron chi connectivity index (χ0n) is 10.9. The van der Waals surface area contributed by atoms with Crippen LogP contribution in [0.4, 0.5) is 0 Å². The number of carbonyl (C=O) groups is 1. The molecule has 0 amide bonds. The Morgan fingerprint density at radius 3 is 2.68 bits per heavy atom. The normalized spacial score (nSPS) is 13.4. The van der Waals surface area contributed by atoms with Crippen LogP contribution in [0.15, 0.2) is 16.5 Å². The lowest BCUT2D eigenvalue weighted by atomic mass is 10.1. The number of halogens is 1. The Morgan fingerprint density at radius 2 is 2.16 bits per heavy atom. The molecule has 1 heterocycles. The topological polar surface area (TPSA) is 39.4 Å². The molecular weight excluding hydrogens is 308 g/mol. The molecule has 0 saturated carbocycles. The first-order chi connectivity index (χ1) is 8.99. The lowest BCUT2D eigenvalue weighted by Crippen LogP contribution is -2.24. The maximum absolute atomic E-state index is 11.8. The number of hydrogen-bond donors (Lipinski definition) is 0. The van der Waals surface area contributed by atoms with E-state index >= 15 is 0 Å². The highest BCUT2D eigenvalue weighted by molar-refractivity contribution is 9.10. The Labute approximate surface area is 121 Å². The Kier molecular flexibility index (Phi) is 5.73. The summed E-state index contributed by atoms with van der Waals surface area (Å²) in [6.45, 7) is 3.81. The third-order valence-electron chi connectivity index (χ3n) is 2.41. The molecule has 0 aliphatic rings. The standard InChI is InChI=1S/C15H15BrO3/c1-5-7-11-8-9-13(18-11)12(6-2)19-15(17)14(16)10(3)4/h1-2,8-10,12,14H,7H2,3-4H3. The fourth-order valence-corrected chi connectivity index (χ4v) is 1.47. The molecule has 0 aromatic carbocycles. The zero-order chi connectivity index (χ0) is 14.4. The molecule has 0 N–H and O–H groups in total. The minimum absolute atomic E-state index is 0.111. The molecule has 100 valence electrons. The van der Waals surface area contributed by atoms with Crippen LogP contribution in [0.1, 0.15) is 31.5 Å². The van der Waals surface area contributed by atoms with Crippen LogP contribution in [-0.2, 0) is 16.0 Å². The lowest BCUT2D eigenvalue weighted by Gasteiger charge is -2.15. The molecule has 2 atom stereocenters. The number of ether oxygens (including phenoxy) is 1. The van der Waals surface area contributed by atoms with Crippen molar-refractivity contribution in [2.75, 3.05) is 0 Å². The molecule has 4 heteroatoms. The molecule has 0 bridgehead atoms. The van der Waals surface area contributed by atoms with Crippen LogP contribution in [0.2, 0.25) is 0 Å². The molecule has 19 heavy (non-hydrogen) atoms. The zero-order valence-corrected chi connectivity index (χ0v) is 12.4. The summed E-state index contributed by atoms with van der Waals surface area (Å²) in [6.07, 6.45) is 10.1. The molecule has 0 spiro atoms. The maximum Gasteiger partial charge on any atom is 0.321 e. The Balaban J connectivity index is 2.76. The summed E-state index contributed by atoms with van der Waals surface area (Å²) in [5.41, 5.74) is 0. The number of alkyl halides is 1. The molecule has 1 aromatic heterocycles. The molecule has 0 aliphatic carbocycles. The number of hydrogen-bond acceptors (Lipinski definition) is 3. The number of rotatable bonds is 5. The van der Waals surface area contributed by atoms with Crippen LogP contribution in [-0.4, -0.2) is 10.8 Å². The van der Waals surface area contributed by atoms with Crippen molar-refractivity contribution in [3.8, 4) is 24.7 Å². The summed E-state index contributed by atoms with van der Waals surface area (Å²) in [7, 11) is 0. The van der Waals surface area contributed by atoms with Crippen LogP contribution in [0, 0.1) is 30.6 Å². The second-order valence-corrected chi connectivity index (χ2v) is 5.30. The third kappa shape index (κ3) is 4.19. The van der Waals surface area contributed by atoms with Crippen molar-refractivity contribution in [2.24, 2.45) is 5.92 Å². The molecular formula is C15H15BrO3. The molecule has 0 aliphatic heterocycles. The molecule has 0 fully saturated rings. The summed E-state index contributed by atoms with van der Waals surface area (Å²) >= 11 is 3.27. The highest BCUT2D eigenvalue weighted by atomic mass is 79.9. The van der Waals surface area contributed by atoms with Crippen molar-refractivity contribution in [1.29, 1.82) is 0 Å². The summed E-state index contributed by atoms with van der Waals surface area (Å²) < 4.78 is 10.7. The van der Waals surface area contributed by atoms with Gasteiger partial charge in [0.15, 0.2) is 5.76 Å². The van der Waals surface area contributed by atoms with Crippen molar-refractivity contribution < 1.29 is 13.9 Å². The van der Waals surface area contributed by atoms with Gasteiger partial charge in [-0.3, -0.25) is 4.79 Å². The minimum Gasteiger partial charge on any atom is -0.460 e. The van der Waals surface area contributed by atoms with Gasteiger partial charge >= 0.3 is 5.97 Å². The Morgan fingerprint density at radius 1 is 1.47 bits per heavy atom. The van der Waals surface area contributed by atoms with E-state index in [1.165, 1.54) is 0 Å². The first-order valence-electron chi connectivity index (χ1n) is 5.82. The van der Waals surface area contributed by atoms with Gasteiger partial charge in [0.1, 0.15) is 10.6 Å². The van der Waals surface area contributed by atoms with Crippen molar-refractivity contribution >= 4 is 21.9 Å². The van der Waals surface area contributed by atoms with Crippen LogP contribution >= 0.6 is 15.9 Å². The van der Waals surface area contributed by atoms with E-state index in [-0.39, 0.29) is 5.92 Å². The quantitative estimate of drug-likeness (QED) is 0.475. The molecule has 1 aromatic rings. The van der Waals surface area contributed by atoms with E-state index in [0.29, 0.717) is 17.9 Å². The fraction of sp³-hybridized carbons (Fsp3) is 0.400. The van der Waals surface area contributed by atoms with E-state index in [0.717, 1.165) is 0 Å². The van der Waals surface area contributed by atoms with Gasteiger partial charge in [-0.25, -0.2) is 0 Å². The predicted molar refractivity (Wildman–Crippen MR) is 76.5 cm³/mol. The first-order valence-corrected chi connectivity index (χ1v) is 6.74. The minimum atomic E-state index is -0.835. The van der Waals surface area contributed by atoms with E-state index in [1.54, 1.807) is 12.1 Å². The van der Waals surface area contributed by atoms with Crippen molar-refractivity contribution in [1.82, 2.24) is 0 Å². The van der Waals surface area contributed by atoms with Crippen molar-refractivity contribution in [3.63, 3.8) is 0 Å². The van der Waals surface area contributed by atoms with Gasteiger partial charge in [-0.2, -0.15) is 0 Å². The third-order valence-corrected chi connectivity index (χ3v) is 3.84.